The Morgan fingerprint density at radius 2 is 2.25 bits per heavy atom. The molecule has 0 bridgehead atoms. The van der Waals surface area contributed by atoms with Gasteiger partial charge < -0.3 is 9.88 Å². The number of carbonyl (C=O) groups is 1. The van der Waals surface area contributed by atoms with Crippen molar-refractivity contribution in [2.24, 2.45) is 0 Å². The molecule has 0 spiro atoms. The molecule has 1 amide bonds. The van der Waals surface area contributed by atoms with E-state index in [1.54, 1.807) is 11.3 Å². The molecule has 1 aliphatic heterocycles. The summed E-state index contributed by atoms with van der Waals surface area (Å²) in [4.78, 5) is 24.3. The molecule has 5 heteroatoms. The number of imidazole rings is 1. The normalized spacial score (nSPS) is 19.3. The van der Waals surface area contributed by atoms with Gasteiger partial charge in [-0.15, -0.1) is 11.3 Å². The monoisotopic (exact) mass is 289 g/mol. The fraction of sp³-hybridized carbons (Fsp3) is 0.467. The van der Waals surface area contributed by atoms with E-state index in [9.17, 15) is 4.79 Å². The van der Waals surface area contributed by atoms with E-state index in [4.69, 9.17) is 0 Å². The van der Waals surface area contributed by atoms with E-state index < -0.39 is 0 Å². The van der Waals surface area contributed by atoms with Crippen molar-refractivity contribution in [3.8, 4) is 10.6 Å². The molecule has 0 radical (unpaired) electrons. The van der Waals surface area contributed by atoms with Crippen molar-refractivity contribution >= 4 is 17.2 Å². The second-order valence-corrected chi connectivity index (χ2v) is 6.92. The lowest BCUT2D eigenvalue weighted by Crippen LogP contribution is -2.31. The lowest BCUT2D eigenvalue weighted by atomic mass is 10.1. The number of thiophene rings is 1. The van der Waals surface area contributed by atoms with E-state index in [2.05, 4.69) is 42.9 Å². The third-order valence-corrected chi connectivity index (χ3v) is 4.80. The van der Waals surface area contributed by atoms with Crippen LogP contribution in [0.5, 0.6) is 0 Å². The molecule has 3 rings (SSSR count). The Morgan fingerprint density at radius 1 is 1.45 bits per heavy atom. The summed E-state index contributed by atoms with van der Waals surface area (Å²) in [6.07, 6.45) is 2.44. The standard InChI is InChI=1S/C15H19N3OS/c1-9(2)18-8-11(6-14(18)19)15-16-7-12(17-15)13-5-4-10(3)20-13/h4-5,7,9,11H,6,8H2,1-3H3,(H,16,17)/t11-/m0/s1. The van der Waals surface area contributed by atoms with Gasteiger partial charge in [0.1, 0.15) is 5.82 Å². The molecule has 4 nitrogen and oxygen atoms in total. The van der Waals surface area contributed by atoms with Gasteiger partial charge in [0.2, 0.25) is 5.91 Å². The SMILES string of the molecule is Cc1ccc(-c2cnc([C@H]3CC(=O)N(C(C)C)C3)[nH]2)s1. The number of aryl methyl sites for hydroxylation is 1. The summed E-state index contributed by atoms with van der Waals surface area (Å²) in [5.41, 5.74) is 1.05. The molecule has 20 heavy (non-hydrogen) atoms. The van der Waals surface area contributed by atoms with E-state index >= 15 is 0 Å². The fourth-order valence-electron chi connectivity index (χ4n) is 2.66. The van der Waals surface area contributed by atoms with Gasteiger partial charge in [0.25, 0.3) is 0 Å². The number of hydrogen-bond acceptors (Lipinski definition) is 3. The molecule has 2 aromatic rings. The Balaban J connectivity index is 1.80. The van der Waals surface area contributed by atoms with Gasteiger partial charge in [0.15, 0.2) is 0 Å². The third-order valence-electron chi connectivity index (χ3n) is 3.77. The van der Waals surface area contributed by atoms with E-state index in [0.29, 0.717) is 6.42 Å². The lowest BCUT2D eigenvalue weighted by Gasteiger charge is -2.20. The van der Waals surface area contributed by atoms with E-state index in [-0.39, 0.29) is 17.9 Å². The average molecular weight is 289 g/mol. The Bertz CT molecular complexity index is 629. The largest absolute Gasteiger partial charge is 0.341 e. The van der Waals surface area contributed by atoms with Gasteiger partial charge in [0, 0.05) is 29.8 Å². The number of rotatable bonds is 3. The minimum absolute atomic E-state index is 0.194. The number of aromatic amines is 1. The highest BCUT2D eigenvalue weighted by atomic mass is 32.1. The first-order chi connectivity index (χ1) is 9.54. The molecule has 0 aliphatic carbocycles. The molecular formula is C15H19N3OS. The first-order valence-electron chi connectivity index (χ1n) is 6.95. The molecule has 3 heterocycles. The summed E-state index contributed by atoms with van der Waals surface area (Å²) in [6, 6.07) is 4.49. The van der Waals surface area contributed by atoms with E-state index in [0.717, 1.165) is 18.1 Å². The van der Waals surface area contributed by atoms with Crippen LogP contribution < -0.4 is 0 Å². The van der Waals surface area contributed by atoms with Gasteiger partial charge >= 0.3 is 0 Å². The molecular weight excluding hydrogens is 270 g/mol. The molecule has 1 saturated heterocycles. The second-order valence-electron chi connectivity index (χ2n) is 5.63. The lowest BCUT2D eigenvalue weighted by molar-refractivity contribution is -0.129. The minimum Gasteiger partial charge on any atom is -0.341 e. The molecule has 0 aromatic carbocycles. The Hall–Kier alpha value is -1.62. The van der Waals surface area contributed by atoms with Crippen molar-refractivity contribution < 1.29 is 4.79 Å². The molecule has 2 aromatic heterocycles. The highest BCUT2D eigenvalue weighted by molar-refractivity contribution is 7.15. The molecule has 1 fully saturated rings. The first-order valence-corrected chi connectivity index (χ1v) is 7.77. The Morgan fingerprint density at radius 3 is 2.85 bits per heavy atom. The van der Waals surface area contributed by atoms with Crippen LogP contribution in [0.1, 0.15) is 36.9 Å². The molecule has 1 aliphatic rings. The van der Waals surface area contributed by atoms with E-state index in [1.165, 1.54) is 9.75 Å². The summed E-state index contributed by atoms with van der Waals surface area (Å²) in [5.74, 6) is 1.36. The molecule has 0 saturated carbocycles. The van der Waals surface area contributed by atoms with Gasteiger partial charge in [-0.25, -0.2) is 4.98 Å². The topological polar surface area (TPSA) is 49.0 Å². The number of aromatic nitrogens is 2. The number of hydrogen-bond donors (Lipinski definition) is 1. The summed E-state index contributed by atoms with van der Waals surface area (Å²) < 4.78 is 0. The van der Waals surface area contributed by atoms with Crippen molar-refractivity contribution in [3.63, 3.8) is 0 Å². The van der Waals surface area contributed by atoms with Crippen LogP contribution in [0.3, 0.4) is 0 Å². The highest BCUT2D eigenvalue weighted by Crippen LogP contribution is 2.31. The van der Waals surface area contributed by atoms with Crippen LogP contribution in [0, 0.1) is 6.92 Å². The number of amides is 1. The van der Waals surface area contributed by atoms with Crippen molar-refractivity contribution in [3.05, 3.63) is 29.0 Å². The zero-order valence-corrected chi connectivity index (χ0v) is 12.8. The quantitative estimate of drug-likeness (QED) is 0.943. The molecule has 1 atom stereocenters. The van der Waals surface area contributed by atoms with Crippen LogP contribution in [0.15, 0.2) is 18.3 Å². The summed E-state index contributed by atoms with van der Waals surface area (Å²) in [5, 5.41) is 0. The van der Waals surface area contributed by atoms with Crippen molar-refractivity contribution in [1.29, 1.82) is 0 Å². The van der Waals surface area contributed by atoms with Gasteiger partial charge in [-0.2, -0.15) is 0 Å². The first kappa shape index (κ1) is 13.4. The van der Waals surface area contributed by atoms with Crippen LogP contribution in [-0.2, 0) is 4.79 Å². The van der Waals surface area contributed by atoms with Crippen molar-refractivity contribution in [2.45, 2.75) is 39.2 Å². The smallest absolute Gasteiger partial charge is 0.223 e. The fourth-order valence-corrected chi connectivity index (χ4v) is 3.50. The van der Waals surface area contributed by atoms with Crippen molar-refractivity contribution in [1.82, 2.24) is 14.9 Å². The van der Waals surface area contributed by atoms with Crippen molar-refractivity contribution in [2.75, 3.05) is 6.54 Å². The number of nitrogens with zero attached hydrogens (tertiary/aromatic N) is 2. The third kappa shape index (κ3) is 2.38. The highest BCUT2D eigenvalue weighted by Gasteiger charge is 2.33. The summed E-state index contributed by atoms with van der Waals surface area (Å²) in [7, 11) is 0. The maximum Gasteiger partial charge on any atom is 0.223 e. The van der Waals surface area contributed by atoms with Gasteiger partial charge in [-0.05, 0) is 32.9 Å². The molecule has 1 N–H and O–H groups in total. The summed E-state index contributed by atoms with van der Waals surface area (Å²) >= 11 is 1.75. The molecule has 0 unspecified atom stereocenters. The number of likely N-dealkylation sites (tertiary alicyclic amines) is 1. The van der Waals surface area contributed by atoms with Crippen LogP contribution in [0.2, 0.25) is 0 Å². The van der Waals surface area contributed by atoms with Crippen LogP contribution >= 0.6 is 11.3 Å². The maximum absolute atomic E-state index is 12.0. The number of carbonyl (C=O) groups excluding carboxylic acids is 1. The predicted octanol–water partition coefficient (Wildman–Crippen LogP) is 3.17. The van der Waals surface area contributed by atoms with Crippen LogP contribution in [0.4, 0.5) is 0 Å². The maximum atomic E-state index is 12.0. The Kier molecular flexibility index (Phi) is 3.38. The minimum atomic E-state index is 0.194. The van der Waals surface area contributed by atoms with Crippen LogP contribution in [-0.4, -0.2) is 33.4 Å². The van der Waals surface area contributed by atoms with Crippen LogP contribution in [0.25, 0.3) is 10.6 Å². The number of nitrogens with one attached hydrogen (secondary N) is 1. The average Bonchev–Trinajstić information content (AvgIpc) is 3.06. The second kappa shape index (κ2) is 5.05. The summed E-state index contributed by atoms with van der Waals surface area (Å²) in [6.45, 7) is 6.99. The zero-order valence-electron chi connectivity index (χ0n) is 12.0. The predicted molar refractivity (Wildman–Crippen MR) is 80.8 cm³/mol. The number of H-pyrrole nitrogens is 1. The van der Waals surface area contributed by atoms with E-state index in [1.807, 2.05) is 11.1 Å². The molecule has 106 valence electrons. The van der Waals surface area contributed by atoms with Gasteiger partial charge in [0.05, 0.1) is 16.8 Å². The van der Waals surface area contributed by atoms with Gasteiger partial charge in [-0.1, -0.05) is 0 Å². The zero-order chi connectivity index (χ0) is 14.3. The Labute approximate surface area is 122 Å². The van der Waals surface area contributed by atoms with Gasteiger partial charge in [-0.3, -0.25) is 4.79 Å².